The summed E-state index contributed by atoms with van der Waals surface area (Å²) in [6, 6.07) is -3.76. The number of carbonyl (C=O) groups is 5. The molecule has 0 aromatic heterocycles. The number of carbonyl (C=O) groups excluding carboxylic acids is 5. The van der Waals surface area contributed by atoms with Crippen LogP contribution in [0.25, 0.3) is 0 Å². The van der Waals surface area contributed by atoms with E-state index in [1.54, 1.807) is 16.8 Å². The number of fused-ring (bicyclic) bond motifs is 1. The molecule has 2 saturated carbocycles. The number of hydrogen-bond acceptors (Lipinski definition) is 8. The number of hydrogen-bond donors (Lipinski definition) is 4. The van der Waals surface area contributed by atoms with Crippen molar-refractivity contribution >= 4 is 35.2 Å². The fourth-order valence-electron chi connectivity index (χ4n) is 8.47. The van der Waals surface area contributed by atoms with Crippen LogP contribution in [0.4, 0.5) is 10.5 Å². The Morgan fingerprint density at radius 2 is 1.65 bits per heavy atom. The number of likely N-dealkylation sites (tertiary alicyclic amines) is 1. The minimum absolute atomic E-state index is 0.0773. The molecule has 1 aliphatic heterocycles. The molecule has 13 nitrogen and oxygen atoms in total. The van der Waals surface area contributed by atoms with Crippen molar-refractivity contribution in [2.24, 2.45) is 28.6 Å². The largest absolute Gasteiger partial charge is 0.369 e. The number of nitrogens with one attached hydrogen (secondary N) is 4. The van der Waals surface area contributed by atoms with Gasteiger partial charge in [0.1, 0.15) is 12.1 Å². The van der Waals surface area contributed by atoms with Gasteiger partial charge in [-0.05, 0) is 54.3 Å². The molecule has 1 heterocycles. The first-order valence-corrected chi connectivity index (χ1v) is 19.0. The fourth-order valence-corrected chi connectivity index (χ4v) is 8.47. The van der Waals surface area contributed by atoms with Crippen molar-refractivity contribution in [3.05, 3.63) is 38.7 Å². The first-order valence-electron chi connectivity index (χ1n) is 19.0. The number of rotatable bonds is 16. The number of piperidine rings is 1. The van der Waals surface area contributed by atoms with E-state index >= 15 is 0 Å². The third-order valence-electron chi connectivity index (χ3n) is 11.8. The lowest BCUT2D eigenvalue weighted by Gasteiger charge is -2.39. The number of anilines is 1. The molecule has 4 rings (SSSR count). The van der Waals surface area contributed by atoms with Gasteiger partial charge in [-0.2, -0.15) is 0 Å². The zero-order chi connectivity index (χ0) is 38.7. The summed E-state index contributed by atoms with van der Waals surface area (Å²) < 4.78 is 0. The second-order valence-electron chi connectivity index (χ2n) is 16.7. The van der Waals surface area contributed by atoms with E-state index in [1.165, 1.54) is 6.08 Å². The van der Waals surface area contributed by atoms with Crippen LogP contribution in [0.3, 0.4) is 0 Å². The van der Waals surface area contributed by atoms with Crippen LogP contribution >= 0.6 is 0 Å². The zero-order valence-corrected chi connectivity index (χ0v) is 32.4. The number of Topliss-reactive ketones (excluding diaryl/α,β-unsaturated/α-hetero) is 1. The topological polar surface area (TPSA) is 174 Å². The lowest BCUT2D eigenvalue weighted by atomic mass is 9.83. The molecule has 6 atom stereocenters. The van der Waals surface area contributed by atoms with Gasteiger partial charge >= 0.3 is 6.03 Å². The van der Waals surface area contributed by atoms with Crippen molar-refractivity contribution in [3.8, 4) is 0 Å². The van der Waals surface area contributed by atoms with Gasteiger partial charge in [0.15, 0.2) is 0 Å². The molecule has 1 aromatic rings. The van der Waals surface area contributed by atoms with Gasteiger partial charge in [0.25, 0.3) is 5.91 Å². The molecule has 1 saturated heterocycles. The highest BCUT2D eigenvalue weighted by molar-refractivity contribution is 6.38. The predicted octanol–water partition coefficient (Wildman–Crippen LogP) is 2.58. The number of nitrogens with zero attached hydrogens (tertiary/aromatic N) is 2. The minimum atomic E-state index is -1.04. The van der Waals surface area contributed by atoms with E-state index < -0.39 is 64.1 Å². The molecule has 5 amide bonds. The quantitative estimate of drug-likeness (QED) is 0.149. The Labute approximate surface area is 307 Å². The molecular formula is C39H60N6O7. The Morgan fingerprint density at radius 3 is 2.23 bits per heavy atom. The number of amides is 5. The second-order valence-corrected chi connectivity index (χ2v) is 16.7. The molecule has 0 spiro atoms. The average molecular weight is 725 g/mol. The van der Waals surface area contributed by atoms with Gasteiger partial charge in [0.05, 0.1) is 17.8 Å². The monoisotopic (exact) mass is 724 g/mol. The molecular weight excluding hydrogens is 664 g/mol. The first-order chi connectivity index (χ1) is 24.4. The lowest BCUT2D eigenvalue weighted by Crippen LogP contribution is -2.62. The summed E-state index contributed by atoms with van der Waals surface area (Å²) in [6.07, 6.45) is 7.12. The van der Waals surface area contributed by atoms with Crippen LogP contribution in [0, 0.1) is 28.6 Å². The molecule has 3 fully saturated rings. The van der Waals surface area contributed by atoms with Crippen molar-refractivity contribution < 1.29 is 24.0 Å². The summed E-state index contributed by atoms with van der Waals surface area (Å²) in [7, 11) is 1.74. The molecule has 0 bridgehead atoms. The lowest BCUT2D eigenvalue weighted by molar-refractivity contribution is -0.144. The maximum Gasteiger partial charge on any atom is 0.315 e. The van der Waals surface area contributed by atoms with E-state index in [2.05, 4.69) is 41.7 Å². The SMILES string of the molecule is C=CCNC(=O)C(=O)C(CCC)NC(=O)[C@@H]1[C@@H]2[C@H](CN1C(=O)[C@@H](NC(=O)N[C@H](CN(C)c1c(CC)c(=O)c1=O)C(C)(C)C)C1CCCCC1)C2(C)C. The highest BCUT2D eigenvalue weighted by atomic mass is 16.2. The summed E-state index contributed by atoms with van der Waals surface area (Å²) in [6.45, 7) is 18.1. The van der Waals surface area contributed by atoms with Crippen molar-refractivity contribution in [1.82, 2.24) is 26.2 Å². The predicted molar refractivity (Wildman–Crippen MR) is 201 cm³/mol. The maximum absolute atomic E-state index is 14.7. The maximum atomic E-state index is 14.7. The van der Waals surface area contributed by atoms with Crippen molar-refractivity contribution in [2.75, 3.05) is 31.6 Å². The van der Waals surface area contributed by atoms with Gasteiger partial charge < -0.3 is 31.1 Å². The molecule has 52 heavy (non-hydrogen) atoms. The van der Waals surface area contributed by atoms with Crippen molar-refractivity contribution in [1.29, 1.82) is 0 Å². The molecule has 0 radical (unpaired) electrons. The fraction of sp³-hybridized carbons (Fsp3) is 0.718. The Kier molecular flexibility index (Phi) is 12.8. The van der Waals surface area contributed by atoms with Gasteiger partial charge in [0, 0.05) is 32.2 Å². The molecule has 4 N–H and O–H groups in total. The summed E-state index contributed by atoms with van der Waals surface area (Å²) in [5.74, 6) is -2.52. The van der Waals surface area contributed by atoms with Crippen LogP contribution in [0.1, 0.15) is 99.0 Å². The molecule has 1 aromatic carbocycles. The Hall–Kier alpha value is -4.03. The summed E-state index contributed by atoms with van der Waals surface area (Å²) >= 11 is 0. The van der Waals surface area contributed by atoms with E-state index in [-0.39, 0.29) is 48.6 Å². The molecule has 13 heteroatoms. The Balaban J connectivity index is 1.55. The molecule has 3 aliphatic rings. The summed E-state index contributed by atoms with van der Waals surface area (Å²) in [5, 5.41) is 11.4. The third kappa shape index (κ3) is 8.44. The zero-order valence-electron chi connectivity index (χ0n) is 32.4. The van der Waals surface area contributed by atoms with Crippen LogP contribution in [-0.4, -0.2) is 85.3 Å². The van der Waals surface area contributed by atoms with Crippen LogP contribution < -0.4 is 37.0 Å². The van der Waals surface area contributed by atoms with Gasteiger partial charge in [-0.15, -0.1) is 6.58 Å². The van der Waals surface area contributed by atoms with Crippen molar-refractivity contribution in [2.45, 2.75) is 124 Å². The second kappa shape index (κ2) is 16.3. The molecule has 288 valence electrons. The number of urea groups is 1. The van der Waals surface area contributed by atoms with Gasteiger partial charge in [-0.1, -0.05) is 80.2 Å². The third-order valence-corrected chi connectivity index (χ3v) is 11.8. The van der Waals surface area contributed by atoms with Crippen molar-refractivity contribution in [3.63, 3.8) is 0 Å². The summed E-state index contributed by atoms with van der Waals surface area (Å²) in [5.41, 5.74) is -0.766. The average Bonchev–Trinajstić information content (AvgIpc) is 3.39. The van der Waals surface area contributed by atoms with Crippen LogP contribution in [0.15, 0.2) is 22.2 Å². The minimum Gasteiger partial charge on any atom is -0.369 e. The van der Waals surface area contributed by atoms with E-state index in [9.17, 15) is 33.6 Å². The standard InChI is InChI=1S/C39H60N6O7/c1-10-16-25(32(47)35(50)40-19-11-2)41-34(49)30-27-24(39(27,7)8)20-45(30)36(51)28(22-17-14-13-15-18-22)43-37(52)42-26(38(4,5)6)21-44(9)29-23(12-3)31(46)33(29)48/h11,22,24-28,30H,2,10,12-21H2,1,3-9H3,(H,40,50)(H,41,49)(H2,42,43,52)/t24-,25?,26+,27-,28-,30-/m0/s1. The van der Waals surface area contributed by atoms with E-state index in [4.69, 9.17) is 0 Å². The smallest absolute Gasteiger partial charge is 0.315 e. The van der Waals surface area contributed by atoms with Crippen LogP contribution in [0.5, 0.6) is 0 Å². The molecule has 2 aliphatic carbocycles. The summed E-state index contributed by atoms with van der Waals surface area (Å²) in [4.78, 5) is 96.1. The van der Waals surface area contributed by atoms with Crippen LogP contribution in [0.2, 0.25) is 0 Å². The van der Waals surface area contributed by atoms with Gasteiger partial charge in [0.2, 0.25) is 28.5 Å². The van der Waals surface area contributed by atoms with E-state index in [1.807, 2.05) is 34.6 Å². The Bertz CT molecular complexity index is 1600. The van der Waals surface area contributed by atoms with E-state index in [0.717, 1.165) is 32.1 Å². The van der Waals surface area contributed by atoms with Gasteiger partial charge in [-0.3, -0.25) is 28.8 Å². The highest BCUT2D eigenvalue weighted by Gasteiger charge is 2.69. The first kappa shape index (κ1) is 40.7. The van der Waals surface area contributed by atoms with E-state index in [0.29, 0.717) is 30.6 Å². The molecule has 1 unspecified atom stereocenters. The number of likely N-dealkylation sites (N-methyl/N-ethyl adjacent to an activating group) is 1. The van der Waals surface area contributed by atoms with Gasteiger partial charge in [-0.25, -0.2) is 4.79 Å². The Morgan fingerprint density at radius 1 is 1.00 bits per heavy atom. The van der Waals surface area contributed by atoms with Crippen LogP contribution in [-0.2, 0) is 25.6 Å². The highest BCUT2D eigenvalue weighted by Crippen LogP contribution is 2.65. The number of ketones is 1. The normalized spacial score (nSPS) is 22.8.